The smallest absolute Gasteiger partial charge is 0.310 e. The molecule has 0 spiro atoms. The highest BCUT2D eigenvalue weighted by Crippen LogP contribution is 2.15. The molecule has 5 heteroatoms. The lowest BCUT2D eigenvalue weighted by molar-refractivity contribution is -0.144. The van der Waals surface area contributed by atoms with E-state index in [2.05, 4.69) is 19.2 Å². The van der Waals surface area contributed by atoms with E-state index in [1.807, 2.05) is 0 Å². The summed E-state index contributed by atoms with van der Waals surface area (Å²) in [6, 6.07) is 0. The highest BCUT2D eigenvalue weighted by atomic mass is 32.1. The minimum atomic E-state index is -1.71. The van der Waals surface area contributed by atoms with Gasteiger partial charge in [0.25, 0.3) is 0 Å². The van der Waals surface area contributed by atoms with Gasteiger partial charge in [0.1, 0.15) is 6.17 Å². The SMILES string of the molecule is C=CC(F)C(CC(=O)S)C(=O)O. The zero-order valence-electron chi connectivity index (χ0n) is 6.24. The fraction of sp³-hybridized carbons (Fsp3) is 0.429. The van der Waals surface area contributed by atoms with Gasteiger partial charge in [-0.15, -0.1) is 19.2 Å². The van der Waals surface area contributed by atoms with Crippen LogP contribution in [-0.2, 0) is 9.59 Å². The Bertz CT molecular complexity index is 205. The molecule has 0 radical (unpaired) electrons. The Morgan fingerprint density at radius 2 is 2.17 bits per heavy atom. The van der Waals surface area contributed by atoms with E-state index in [0.29, 0.717) is 0 Å². The average molecular weight is 192 g/mol. The molecule has 68 valence electrons. The molecular weight excluding hydrogens is 183 g/mol. The average Bonchev–Trinajstić information content (AvgIpc) is 1.98. The Balaban J connectivity index is 4.32. The summed E-state index contributed by atoms with van der Waals surface area (Å²) in [5, 5.41) is 7.80. The van der Waals surface area contributed by atoms with E-state index in [1.165, 1.54) is 0 Å². The molecule has 0 saturated carbocycles. The van der Waals surface area contributed by atoms with Crippen LogP contribution in [0, 0.1) is 5.92 Å². The van der Waals surface area contributed by atoms with Gasteiger partial charge >= 0.3 is 5.97 Å². The lowest BCUT2D eigenvalue weighted by Gasteiger charge is -2.10. The van der Waals surface area contributed by atoms with Gasteiger partial charge in [0.2, 0.25) is 0 Å². The van der Waals surface area contributed by atoms with Crippen LogP contribution in [0.4, 0.5) is 4.39 Å². The predicted octanol–water partition coefficient (Wildman–Crippen LogP) is 1.06. The van der Waals surface area contributed by atoms with Crippen molar-refractivity contribution >= 4 is 23.7 Å². The lowest BCUT2D eigenvalue weighted by Crippen LogP contribution is -2.25. The number of halogens is 1. The highest BCUT2D eigenvalue weighted by molar-refractivity contribution is 7.96. The predicted molar refractivity (Wildman–Crippen MR) is 44.8 cm³/mol. The minimum absolute atomic E-state index is 0.425. The van der Waals surface area contributed by atoms with Gasteiger partial charge in [-0.25, -0.2) is 4.39 Å². The first-order valence-electron chi connectivity index (χ1n) is 3.20. The molecule has 1 N–H and O–H groups in total. The monoisotopic (exact) mass is 192 g/mol. The molecule has 0 saturated heterocycles. The molecule has 0 amide bonds. The first-order valence-corrected chi connectivity index (χ1v) is 3.65. The number of allylic oxidation sites excluding steroid dienone is 1. The third-order valence-electron chi connectivity index (χ3n) is 1.32. The summed E-state index contributed by atoms with van der Waals surface area (Å²) in [6.07, 6.45) is -1.28. The van der Waals surface area contributed by atoms with E-state index in [-0.39, 0.29) is 0 Å². The van der Waals surface area contributed by atoms with Gasteiger partial charge in [0.05, 0.1) is 5.92 Å². The largest absolute Gasteiger partial charge is 0.481 e. The van der Waals surface area contributed by atoms with Crippen molar-refractivity contribution in [3.63, 3.8) is 0 Å². The van der Waals surface area contributed by atoms with Gasteiger partial charge in [-0.3, -0.25) is 9.59 Å². The molecule has 12 heavy (non-hydrogen) atoms. The molecule has 0 fully saturated rings. The summed E-state index contributed by atoms with van der Waals surface area (Å²) < 4.78 is 12.7. The molecular formula is C7H9FO3S. The van der Waals surface area contributed by atoms with Crippen LogP contribution < -0.4 is 0 Å². The van der Waals surface area contributed by atoms with Crippen molar-refractivity contribution in [2.24, 2.45) is 5.92 Å². The van der Waals surface area contributed by atoms with E-state index in [9.17, 15) is 14.0 Å². The molecule has 0 aromatic rings. The first-order chi connectivity index (χ1) is 5.49. The number of carboxylic acid groups (broad SMARTS) is 1. The van der Waals surface area contributed by atoms with Crippen LogP contribution in [0.3, 0.4) is 0 Å². The summed E-state index contributed by atoms with van der Waals surface area (Å²) >= 11 is 3.36. The van der Waals surface area contributed by atoms with Crippen LogP contribution >= 0.6 is 12.6 Å². The van der Waals surface area contributed by atoms with E-state index in [1.54, 1.807) is 0 Å². The Kier molecular flexibility index (Phi) is 4.58. The number of alkyl halides is 1. The number of hydrogen-bond acceptors (Lipinski definition) is 2. The van der Waals surface area contributed by atoms with Crippen molar-refractivity contribution in [2.45, 2.75) is 12.6 Å². The highest BCUT2D eigenvalue weighted by Gasteiger charge is 2.27. The van der Waals surface area contributed by atoms with Crippen LogP contribution in [0.15, 0.2) is 12.7 Å². The summed E-state index contributed by atoms with van der Waals surface area (Å²) in [6.45, 7) is 3.10. The molecule has 0 aromatic carbocycles. The molecule has 0 bridgehead atoms. The summed E-state index contributed by atoms with van der Waals surface area (Å²) in [5.74, 6) is -2.72. The Morgan fingerprint density at radius 1 is 1.67 bits per heavy atom. The lowest BCUT2D eigenvalue weighted by atomic mass is 10.0. The molecule has 0 aliphatic rings. The summed E-state index contributed by atoms with van der Waals surface area (Å²) in [7, 11) is 0. The van der Waals surface area contributed by atoms with Crippen molar-refractivity contribution in [2.75, 3.05) is 0 Å². The fourth-order valence-electron chi connectivity index (χ4n) is 0.688. The first kappa shape index (κ1) is 11.2. The molecule has 0 aromatic heterocycles. The molecule has 0 aliphatic carbocycles. The fourth-order valence-corrected chi connectivity index (χ4v) is 0.885. The van der Waals surface area contributed by atoms with Gasteiger partial charge in [-0.2, -0.15) is 0 Å². The second kappa shape index (κ2) is 4.92. The second-order valence-corrected chi connectivity index (χ2v) is 2.72. The van der Waals surface area contributed by atoms with Crippen LogP contribution in [0.25, 0.3) is 0 Å². The van der Waals surface area contributed by atoms with E-state index >= 15 is 0 Å². The Labute approximate surface area is 74.7 Å². The maximum atomic E-state index is 12.7. The van der Waals surface area contributed by atoms with Gasteiger partial charge in [0.15, 0.2) is 5.12 Å². The molecule has 0 heterocycles. The third-order valence-corrected chi connectivity index (χ3v) is 1.50. The van der Waals surface area contributed by atoms with Gasteiger partial charge in [-0.1, -0.05) is 6.08 Å². The standard InChI is InChI=1S/C7H9FO3S/c1-2-5(8)4(7(10)11)3-6(9)12/h2,4-5H,1,3H2,(H,9,12)(H,10,11). The zero-order chi connectivity index (χ0) is 9.72. The van der Waals surface area contributed by atoms with Crippen LogP contribution in [0.1, 0.15) is 6.42 Å². The number of aliphatic carboxylic acids is 1. The second-order valence-electron chi connectivity index (χ2n) is 2.22. The molecule has 0 rings (SSSR count). The molecule has 0 aliphatic heterocycles. The molecule has 2 atom stereocenters. The van der Waals surface area contributed by atoms with Crippen molar-refractivity contribution < 1.29 is 19.1 Å². The van der Waals surface area contributed by atoms with Crippen molar-refractivity contribution in [1.82, 2.24) is 0 Å². The van der Waals surface area contributed by atoms with E-state index in [0.717, 1.165) is 6.08 Å². The number of rotatable bonds is 5. The third kappa shape index (κ3) is 3.52. The topological polar surface area (TPSA) is 54.4 Å². The quantitative estimate of drug-likeness (QED) is 0.506. The van der Waals surface area contributed by atoms with Gasteiger partial charge < -0.3 is 5.11 Å². The summed E-state index contributed by atoms with van der Waals surface area (Å²) in [5.41, 5.74) is 0. The van der Waals surface area contributed by atoms with Crippen LogP contribution in [-0.4, -0.2) is 22.4 Å². The number of hydrogen-bond donors (Lipinski definition) is 2. The molecule has 2 unspecified atom stereocenters. The summed E-state index contributed by atoms with van der Waals surface area (Å²) in [4.78, 5) is 20.7. The minimum Gasteiger partial charge on any atom is -0.481 e. The Hall–Kier alpha value is -0.840. The van der Waals surface area contributed by atoms with Crippen LogP contribution in [0.2, 0.25) is 0 Å². The maximum Gasteiger partial charge on any atom is 0.310 e. The number of carboxylic acids is 1. The molecule has 3 nitrogen and oxygen atoms in total. The normalized spacial score (nSPS) is 14.8. The van der Waals surface area contributed by atoms with Crippen molar-refractivity contribution in [1.29, 1.82) is 0 Å². The van der Waals surface area contributed by atoms with E-state index in [4.69, 9.17) is 5.11 Å². The number of thiol groups is 1. The van der Waals surface area contributed by atoms with Crippen molar-refractivity contribution in [3.05, 3.63) is 12.7 Å². The van der Waals surface area contributed by atoms with E-state index < -0.39 is 29.6 Å². The number of carbonyl (C=O) groups is 2. The van der Waals surface area contributed by atoms with Crippen LogP contribution in [0.5, 0.6) is 0 Å². The zero-order valence-corrected chi connectivity index (χ0v) is 7.13. The Morgan fingerprint density at radius 3 is 2.42 bits per heavy atom. The van der Waals surface area contributed by atoms with Crippen molar-refractivity contribution in [3.8, 4) is 0 Å². The van der Waals surface area contributed by atoms with Gasteiger partial charge in [-0.05, 0) is 0 Å². The van der Waals surface area contributed by atoms with Gasteiger partial charge in [0, 0.05) is 6.42 Å². The number of carbonyl (C=O) groups excluding carboxylic acids is 1. The maximum absolute atomic E-state index is 12.7.